The summed E-state index contributed by atoms with van der Waals surface area (Å²) >= 11 is 1.27. The van der Waals surface area contributed by atoms with Gasteiger partial charge < -0.3 is 10.1 Å². The van der Waals surface area contributed by atoms with E-state index in [4.69, 9.17) is 4.74 Å². The summed E-state index contributed by atoms with van der Waals surface area (Å²) in [7, 11) is 0. The van der Waals surface area contributed by atoms with Crippen LogP contribution in [0.3, 0.4) is 0 Å². The second kappa shape index (κ2) is 9.09. The lowest BCUT2D eigenvalue weighted by molar-refractivity contribution is -0.122. The van der Waals surface area contributed by atoms with Crippen molar-refractivity contribution < 1.29 is 9.53 Å². The number of nitrogens with one attached hydrogen (secondary N) is 1. The minimum absolute atomic E-state index is 0.0170. The van der Waals surface area contributed by atoms with E-state index in [1.165, 1.54) is 20.5 Å². The minimum atomic E-state index is -0.498. The molecule has 154 valence electrons. The van der Waals surface area contributed by atoms with Gasteiger partial charge in [-0.25, -0.2) is 4.79 Å². The average molecular weight is 416 g/mol. The van der Waals surface area contributed by atoms with E-state index in [1.54, 1.807) is 11.4 Å². The van der Waals surface area contributed by atoms with Gasteiger partial charge in [0.05, 0.1) is 18.7 Å². The first-order valence-corrected chi connectivity index (χ1v) is 10.5. The van der Waals surface area contributed by atoms with Crippen molar-refractivity contribution in [2.24, 2.45) is 0 Å². The number of fused-ring (bicyclic) bond motifs is 1. The monoisotopic (exact) mass is 415 g/mol. The summed E-state index contributed by atoms with van der Waals surface area (Å²) in [6.07, 6.45) is 0.796. The van der Waals surface area contributed by atoms with Gasteiger partial charge in [-0.1, -0.05) is 19.1 Å². The molecule has 1 aromatic carbocycles. The number of benzene rings is 1. The van der Waals surface area contributed by atoms with Crippen molar-refractivity contribution in [3.8, 4) is 5.75 Å². The van der Waals surface area contributed by atoms with Crippen molar-refractivity contribution in [3.05, 3.63) is 62.1 Å². The van der Waals surface area contributed by atoms with Gasteiger partial charge in [-0.2, -0.15) is 0 Å². The molecule has 0 bridgehead atoms. The number of rotatable bonds is 8. The van der Waals surface area contributed by atoms with Crippen molar-refractivity contribution >= 4 is 27.5 Å². The van der Waals surface area contributed by atoms with Gasteiger partial charge in [0.2, 0.25) is 5.91 Å². The molecule has 0 aliphatic rings. The third kappa shape index (κ3) is 4.59. The molecule has 29 heavy (non-hydrogen) atoms. The number of thiophene rings is 1. The van der Waals surface area contributed by atoms with E-state index in [-0.39, 0.29) is 30.6 Å². The Bertz CT molecular complexity index is 1130. The van der Waals surface area contributed by atoms with E-state index < -0.39 is 5.69 Å². The Morgan fingerprint density at radius 3 is 2.72 bits per heavy atom. The van der Waals surface area contributed by atoms with Crippen LogP contribution in [-0.4, -0.2) is 27.7 Å². The van der Waals surface area contributed by atoms with Crippen LogP contribution in [0.25, 0.3) is 10.2 Å². The number of hydrogen-bond donors (Lipinski definition) is 1. The van der Waals surface area contributed by atoms with Gasteiger partial charge in [-0.15, -0.1) is 11.3 Å². The van der Waals surface area contributed by atoms with Crippen molar-refractivity contribution in [2.75, 3.05) is 6.61 Å². The summed E-state index contributed by atoms with van der Waals surface area (Å²) in [4.78, 5) is 38.4. The Hall–Kier alpha value is -2.87. The summed E-state index contributed by atoms with van der Waals surface area (Å²) in [6.45, 7) is 6.29. The van der Waals surface area contributed by atoms with E-state index in [9.17, 15) is 14.4 Å². The molecule has 1 amide bonds. The van der Waals surface area contributed by atoms with Gasteiger partial charge in [-0.05, 0) is 49.4 Å². The second-order valence-corrected chi connectivity index (χ2v) is 7.77. The Morgan fingerprint density at radius 1 is 1.21 bits per heavy atom. The number of carbonyl (C=O) groups excluding carboxylic acids is 1. The fourth-order valence-electron chi connectivity index (χ4n) is 3.07. The third-order valence-corrected chi connectivity index (χ3v) is 5.60. The summed E-state index contributed by atoms with van der Waals surface area (Å²) in [5.41, 5.74) is 0.424. The molecule has 3 aromatic rings. The molecule has 0 spiro atoms. The summed E-state index contributed by atoms with van der Waals surface area (Å²) < 4.78 is 8.52. The first-order chi connectivity index (χ1) is 13.9. The fourth-order valence-corrected chi connectivity index (χ4v) is 3.92. The van der Waals surface area contributed by atoms with Gasteiger partial charge in [0.1, 0.15) is 17.0 Å². The maximum Gasteiger partial charge on any atom is 0.332 e. The van der Waals surface area contributed by atoms with Crippen LogP contribution in [0.5, 0.6) is 5.75 Å². The topological polar surface area (TPSA) is 82.3 Å². The van der Waals surface area contributed by atoms with Crippen LogP contribution < -0.4 is 21.3 Å². The predicted octanol–water partition coefficient (Wildman–Crippen LogP) is 2.59. The van der Waals surface area contributed by atoms with Crippen LogP contribution in [0.15, 0.2) is 45.3 Å². The van der Waals surface area contributed by atoms with Gasteiger partial charge in [0.25, 0.3) is 5.56 Å². The van der Waals surface area contributed by atoms with Crippen LogP contribution in [0.4, 0.5) is 0 Å². The SMILES string of the molecule is CCOc1cccc(Cn2c(=O)c3sccc3n(CC(=O)N[C@H](C)CC)c2=O)c1. The lowest BCUT2D eigenvalue weighted by Gasteiger charge is -2.15. The van der Waals surface area contributed by atoms with E-state index in [2.05, 4.69) is 5.32 Å². The van der Waals surface area contributed by atoms with E-state index in [0.29, 0.717) is 22.6 Å². The molecule has 8 heteroatoms. The van der Waals surface area contributed by atoms with Gasteiger partial charge in [0, 0.05) is 6.04 Å². The minimum Gasteiger partial charge on any atom is -0.494 e. The van der Waals surface area contributed by atoms with Crippen molar-refractivity contribution in [1.29, 1.82) is 0 Å². The Morgan fingerprint density at radius 2 is 2.00 bits per heavy atom. The molecule has 1 atom stereocenters. The highest BCUT2D eigenvalue weighted by Crippen LogP contribution is 2.17. The van der Waals surface area contributed by atoms with Gasteiger partial charge in [-0.3, -0.25) is 18.7 Å². The molecule has 0 unspecified atom stereocenters. The molecule has 0 saturated carbocycles. The van der Waals surface area contributed by atoms with E-state index in [1.807, 2.05) is 45.0 Å². The first-order valence-electron chi connectivity index (χ1n) is 9.66. The van der Waals surface area contributed by atoms with Crippen molar-refractivity contribution in [2.45, 2.75) is 46.3 Å². The normalized spacial score (nSPS) is 12.1. The highest BCUT2D eigenvalue weighted by molar-refractivity contribution is 7.17. The smallest absolute Gasteiger partial charge is 0.332 e. The molecular formula is C21H25N3O4S. The molecule has 0 aliphatic carbocycles. The molecule has 2 aromatic heterocycles. The number of amides is 1. The Balaban J connectivity index is 2.02. The highest BCUT2D eigenvalue weighted by atomic mass is 32.1. The quantitative estimate of drug-likeness (QED) is 0.613. The number of hydrogen-bond acceptors (Lipinski definition) is 5. The summed E-state index contributed by atoms with van der Waals surface area (Å²) in [6, 6.07) is 9.03. The summed E-state index contributed by atoms with van der Waals surface area (Å²) in [5.74, 6) is 0.431. The molecule has 0 fully saturated rings. The van der Waals surface area contributed by atoms with Crippen molar-refractivity contribution in [1.82, 2.24) is 14.5 Å². The van der Waals surface area contributed by atoms with Crippen LogP contribution in [-0.2, 0) is 17.9 Å². The molecule has 2 heterocycles. The van der Waals surface area contributed by atoms with E-state index in [0.717, 1.165) is 12.0 Å². The lowest BCUT2D eigenvalue weighted by Crippen LogP contribution is -2.43. The van der Waals surface area contributed by atoms with Crippen LogP contribution in [0.2, 0.25) is 0 Å². The number of ether oxygens (including phenoxy) is 1. The number of nitrogens with zero attached hydrogens (tertiary/aromatic N) is 2. The van der Waals surface area contributed by atoms with Crippen LogP contribution in [0, 0.1) is 0 Å². The Kier molecular flexibility index (Phi) is 6.53. The number of aromatic nitrogens is 2. The molecule has 3 rings (SSSR count). The Labute approximate surface area is 172 Å². The predicted molar refractivity (Wildman–Crippen MR) is 115 cm³/mol. The van der Waals surface area contributed by atoms with Gasteiger partial charge >= 0.3 is 5.69 Å². The average Bonchev–Trinajstić information content (AvgIpc) is 3.19. The maximum atomic E-state index is 13.1. The standard InChI is InChI=1S/C21H25N3O4S/c1-4-14(3)22-18(25)13-23-17-9-10-29-19(17)20(26)24(21(23)27)12-15-7-6-8-16(11-15)28-5-2/h6-11,14H,4-5,12-13H2,1-3H3,(H,22,25)/t14-/m1/s1. The zero-order chi connectivity index (χ0) is 21.0. The van der Waals surface area contributed by atoms with Crippen molar-refractivity contribution in [3.63, 3.8) is 0 Å². The molecular weight excluding hydrogens is 390 g/mol. The largest absolute Gasteiger partial charge is 0.494 e. The molecule has 0 aliphatic heterocycles. The van der Waals surface area contributed by atoms with Crippen LogP contribution in [0.1, 0.15) is 32.8 Å². The maximum absolute atomic E-state index is 13.1. The molecule has 1 N–H and O–H groups in total. The summed E-state index contributed by atoms with van der Waals surface area (Å²) in [5, 5.41) is 4.63. The lowest BCUT2D eigenvalue weighted by atomic mass is 10.2. The third-order valence-electron chi connectivity index (χ3n) is 4.71. The second-order valence-electron chi connectivity index (χ2n) is 6.85. The number of carbonyl (C=O) groups is 1. The van der Waals surface area contributed by atoms with Crippen LogP contribution >= 0.6 is 11.3 Å². The highest BCUT2D eigenvalue weighted by Gasteiger charge is 2.17. The molecule has 0 saturated heterocycles. The molecule has 7 nitrogen and oxygen atoms in total. The molecule has 0 radical (unpaired) electrons. The zero-order valence-electron chi connectivity index (χ0n) is 16.8. The zero-order valence-corrected chi connectivity index (χ0v) is 17.6. The first kappa shape index (κ1) is 20.9. The van der Waals surface area contributed by atoms with Gasteiger partial charge in [0.15, 0.2) is 0 Å². The fraction of sp³-hybridized carbons (Fsp3) is 0.381. The van der Waals surface area contributed by atoms with E-state index >= 15 is 0 Å².